The molecule has 0 amide bonds. The number of hydrogen-bond acceptors (Lipinski definition) is 3. The summed E-state index contributed by atoms with van der Waals surface area (Å²) < 4.78 is 5.32. The molecule has 0 bridgehead atoms. The van der Waals surface area contributed by atoms with E-state index in [9.17, 15) is 0 Å². The Morgan fingerprint density at radius 1 is 1.38 bits per heavy atom. The summed E-state index contributed by atoms with van der Waals surface area (Å²) >= 11 is 0. The van der Waals surface area contributed by atoms with Gasteiger partial charge in [0.2, 0.25) is 0 Å². The lowest BCUT2D eigenvalue weighted by molar-refractivity contribution is 0.340. The largest absolute Gasteiger partial charge is 0.494 e. The fourth-order valence-electron chi connectivity index (χ4n) is 1.12. The minimum Gasteiger partial charge on any atom is -0.494 e. The molecular weight excluding hydrogens is 164 g/mol. The highest BCUT2D eigenvalue weighted by atomic mass is 16.5. The second-order valence-corrected chi connectivity index (χ2v) is 2.89. The lowest BCUT2D eigenvalue weighted by atomic mass is 10.1. The van der Waals surface area contributed by atoms with Crippen molar-refractivity contribution < 1.29 is 4.74 Å². The van der Waals surface area contributed by atoms with Crippen LogP contribution in [0.25, 0.3) is 0 Å². The second-order valence-electron chi connectivity index (χ2n) is 2.89. The van der Waals surface area contributed by atoms with Gasteiger partial charge in [-0.2, -0.15) is 0 Å². The lowest BCUT2D eigenvalue weighted by Gasteiger charge is -2.10. The van der Waals surface area contributed by atoms with E-state index < -0.39 is 0 Å². The van der Waals surface area contributed by atoms with Gasteiger partial charge < -0.3 is 4.74 Å². The molecule has 0 radical (unpaired) electrons. The third kappa shape index (κ3) is 2.72. The van der Waals surface area contributed by atoms with Crippen LogP contribution in [0, 0.1) is 0 Å². The molecule has 0 heterocycles. The summed E-state index contributed by atoms with van der Waals surface area (Å²) in [6, 6.07) is 8.10. The predicted octanol–water partition coefficient (Wildman–Crippen LogP) is 1.61. The van der Waals surface area contributed by atoms with Gasteiger partial charge in [-0.3, -0.25) is 11.3 Å². The van der Waals surface area contributed by atoms with Crippen molar-refractivity contribution in [1.82, 2.24) is 5.43 Å². The first-order valence-corrected chi connectivity index (χ1v) is 4.46. The van der Waals surface area contributed by atoms with Crippen LogP contribution in [0.5, 0.6) is 5.75 Å². The molecule has 0 saturated carbocycles. The van der Waals surface area contributed by atoms with Crippen LogP contribution in [0.4, 0.5) is 0 Å². The van der Waals surface area contributed by atoms with Crippen LogP contribution in [0.3, 0.4) is 0 Å². The Morgan fingerprint density at radius 3 is 2.46 bits per heavy atom. The van der Waals surface area contributed by atoms with E-state index in [1.807, 2.05) is 38.1 Å². The molecule has 0 spiro atoms. The van der Waals surface area contributed by atoms with Crippen LogP contribution < -0.4 is 16.0 Å². The molecule has 0 saturated heterocycles. The van der Waals surface area contributed by atoms with Gasteiger partial charge in [-0.25, -0.2) is 0 Å². The number of nitrogens with one attached hydrogen (secondary N) is 1. The number of benzene rings is 1. The number of rotatable bonds is 4. The number of nitrogens with two attached hydrogens (primary N) is 1. The molecule has 3 heteroatoms. The zero-order chi connectivity index (χ0) is 9.68. The van der Waals surface area contributed by atoms with Crippen LogP contribution in [-0.4, -0.2) is 6.61 Å². The van der Waals surface area contributed by atoms with Crippen LogP contribution in [0.15, 0.2) is 24.3 Å². The fourth-order valence-corrected chi connectivity index (χ4v) is 1.12. The molecular formula is C10H16N2O. The quantitative estimate of drug-likeness (QED) is 0.546. The van der Waals surface area contributed by atoms with Gasteiger partial charge in [0.05, 0.1) is 6.61 Å². The van der Waals surface area contributed by atoms with E-state index in [2.05, 4.69) is 5.43 Å². The van der Waals surface area contributed by atoms with Crippen molar-refractivity contribution in [2.24, 2.45) is 5.84 Å². The molecule has 1 aromatic carbocycles. The number of hydrogen-bond donors (Lipinski definition) is 2. The standard InChI is InChI=1S/C10H16N2O/c1-3-13-10-6-4-9(5-7-10)8(2)12-11/h4-8,12H,3,11H2,1-2H3/t8-/m1/s1. The Kier molecular flexibility index (Phi) is 3.73. The lowest BCUT2D eigenvalue weighted by Crippen LogP contribution is -2.25. The van der Waals surface area contributed by atoms with Gasteiger partial charge in [0.15, 0.2) is 0 Å². The maximum absolute atomic E-state index is 5.32. The minimum absolute atomic E-state index is 0.177. The summed E-state index contributed by atoms with van der Waals surface area (Å²) in [5, 5.41) is 0. The Hall–Kier alpha value is -1.06. The predicted molar refractivity (Wildman–Crippen MR) is 53.3 cm³/mol. The molecule has 3 nitrogen and oxygen atoms in total. The van der Waals surface area contributed by atoms with Gasteiger partial charge in [0, 0.05) is 6.04 Å². The number of ether oxygens (including phenoxy) is 1. The molecule has 0 aliphatic heterocycles. The van der Waals surface area contributed by atoms with E-state index in [0.717, 1.165) is 11.3 Å². The molecule has 0 fully saturated rings. The van der Waals surface area contributed by atoms with E-state index >= 15 is 0 Å². The van der Waals surface area contributed by atoms with E-state index in [0.29, 0.717) is 6.61 Å². The summed E-state index contributed by atoms with van der Waals surface area (Å²) in [6.07, 6.45) is 0. The van der Waals surface area contributed by atoms with Gasteiger partial charge in [-0.05, 0) is 31.5 Å². The summed E-state index contributed by atoms with van der Waals surface area (Å²) in [6.45, 7) is 4.68. The zero-order valence-electron chi connectivity index (χ0n) is 8.08. The molecule has 1 aromatic rings. The van der Waals surface area contributed by atoms with Crippen molar-refractivity contribution in [3.8, 4) is 5.75 Å². The highest BCUT2D eigenvalue weighted by molar-refractivity contribution is 5.28. The summed E-state index contributed by atoms with van der Waals surface area (Å²) in [5.74, 6) is 6.22. The van der Waals surface area contributed by atoms with Gasteiger partial charge in [-0.1, -0.05) is 12.1 Å². The molecule has 0 aliphatic carbocycles. The van der Waals surface area contributed by atoms with Crippen LogP contribution in [-0.2, 0) is 0 Å². The second kappa shape index (κ2) is 4.84. The SMILES string of the molecule is CCOc1ccc([C@@H](C)NN)cc1. The first kappa shape index (κ1) is 10.0. The maximum Gasteiger partial charge on any atom is 0.119 e. The van der Waals surface area contributed by atoms with E-state index in [1.165, 1.54) is 0 Å². The molecule has 1 rings (SSSR count). The zero-order valence-corrected chi connectivity index (χ0v) is 8.08. The van der Waals surface area contributed by atoms with Gasteiger partial charge in [0.1, 0.15) is 5.75 Å². The molecule has 72 valence electrons. The van der Waals surface area contributed by atoms with Crippen molar-refractivity contribution in [2.45, 2.75) is 19.9 Å². The van der Waals surface area contributed by atoms with Crippen molar-refractivity contribution in [1.29, 1.82) is 0 Å². The smallest absolute Gasteiger partial charge is 0.119 e. The average Bonchev–Trinajstić information content (AvgIpc) is 2.18. The van der Waals surface area contributed by atoms with Crippen LogP contribution >= 0.6 is 0 Å². The average molecular weight is 180 g/mol. The number of hydrazine groups is 1. The van der Waals surface area contributed by atoms with E-state index in [4.69, 9.17) is 10.6 Å². The highest BCUT2D eigenvalue weighted by Gasteiger charge is 2.01. The Labute approximate surface area is 78.9 Å². The third-order valence-corrected chi connectivity index (χ3v) is 1.94. The van der Waals surface area contributed by atoms with Crippen LogP contribution in [0.1, 0.15) is 25.5 Å². The van der Waals surface area contributed by atoms with E-state index in [1.54, 1.807) is 0 Å². The Bertz CT molecular complexity index is 246. The molecule has 1 atom stereocenters. The van der Waals surface area contributed by atoms with E-state index in [-0.39, 0.29) is 6.04 Å². The monoisotopic (exact) mass is 180 g/mol. The molecule has 13 heavy (non-hydrogen) atoms. The normalized spacial score (nSPS) is 12.5. The van der Waals surface area contributed by atoms with Crippen molar-refractivity contribution in [3.05, 3.63) is 29.8 Å². The van der Waals surface area contributed by atoms with Gasteiger partial charge in [0.25, 0.3) is 0 Å². The van der Waals surface area contributed by atoms with Gasteiger partial charge >= 0.3 is 0 Å². The van der Waals surface area contributed by atoms with Crippen molar-refractivity contribution >= 4 is 0 Å². The topological polar surface area (TPSA) is 47.3 Å². The maximum atomic E-state index is 5.32. The minimum atomic E-state index is 0.177. The van der Waals surface area contributed by atoms with Crippen LogP contribution in [0.2, 0.25) is 0 Å². The summed E-state index contributed by atoms with van der Waals surface area (Å²) in [5.41, 5.74) is 3.85. The Morgan fingerprint density at radius 2 is 2.00 bits per heavy atom. The fraction of sp³-hybridized carbons (Fsp3) is 0.400. The summed E-state index contributed by atoms with van der Waals surface area (Å²) in [4.78, 5) is 0. The molecule has 0 aromatic heterocycles. The Balaban J connectivity index is 2.69. The summed E-state index contributed by atoms with van der Waals surface area (Å²) in [7, 11) is 0. The molecule has 0 aliphatic rings. The molecule has 0 unspecified atom stereocenters. The third-order valence-electron chi connectivity index (χ3n) is 1.94. The first-order chi connectivity index (χ1) is 6.27. The molecule has 3 N–H and O–H groups in total. The first-order valence-electron chi connectivity index (χ1n) is 4.46. The van der Waals surface area contributed by atoms with Crippen molar-refractivity contribution in [2.75, 3.05) is 6.61 Å². The highest BCUT2D eigenvalue weighted by Crippen LogP contribution is 2.16. The van der Waals surface area contributed by atoms with Gasteiger partial charge in [-0.15, -0.1) is 0 Å². The van der Waals surface area contributed by atoms with Crippen molar-refractivity contribution in [3.63, 3.8) is 0 Å².